The number of carbonyl (C=O) groups is 2. The van der Waals surface area contributed by atoms with Crippen LogP contribution in [0.3, 0.4) is 0 Å². The van der Waals surface area contributed by atoms with E-state index in [4.69, 9.17) is 10.7 Å². The van der Waals surface area contributed by atoms with Crippen LogP contribution in [0.25, 0.3) is 11.3 Å². The van der Waals surface area contributed by atoms with Gasteiger partial charge in [-0.1, -0.05) is 36.4 Å². The van der Waals surface area contributed by atoms with Crippen molar-refractivity contribution in [3.05, 3.63) is 108 Å². The summed E-state index contributed by atoms with van der Waals surface area (Å²) in [6, 6.07) is 22.8. The lowest BCUT2D eigenvalue weighted by molar-refractivity contribution is 0.0704. The number of nitrogens with two attached hydrogens (primary N) is 1. The fourth-order valence-corrected chi connectivity index (χ4v) is 4.68. The first-order valence-electron chi connectivity index (χ1n) is 11.8. The molecule has 2 N–H and O–H groups in total. The van der Waals surface area contributed by atoms with Crippen LogP contribution >= 0.6 is 0 Å². The van der Waals surface area contributed by atoms with Crippen LogP contribution in [0, 0.1) is 0 Å². The number of hydrogen-bond donors (Lipinski definition) is 1. The SMILES string of the molecule is NC(=O)c1cccc(-c2cccc(C3CCCN(C(=O)c4ccccc4Cn4cccn4)C3)n2)c1. The van der Waals surface area contributed by atoms with Gasteiger partial charge in [-0.25, -0.2) is 0 Å². The lowest BCUT2D eigenvalue weighted by Crippen LogP contribution is -2.39. The van der Waals surface area contributed by atoms with Crippen LogP contribution in [-0.4, -0.2) is 44.6 Å². The van der Waals surface area contributed by atoms with Crippen molar-refractivity contribution in [1.82, 2.24) is 19.7 Å². The second kappa shape index (κ2) is 9.93. The summed E-state index contributed by atoms with van der Waals surface area (Å²) in [4.78, 5) is 32.0. The number of benzene rings is 2. The Morgan fingerprint density at radius 1 is 1.00 bits per heavy atom. The van der Waals surface area contributed by atoms with Crippen LogP contribution in [0.1, 0.15) is 50.7 Å². The van der Waals surface area contributed by atoms with Gasteiger partial charge in [0.2, 0.25) is 5.91 Å². The molecule has 176 valence electrons. The first-order chi connectivity index (χ1) is 17.1. The maximum absolute atomic E-state index is 13.5. The van der Waals surface area contributed by atoms with E-state index in [1.807, 2.05) is 76.4 Å². The van der Waals surface area contributed by atoms with Gasteiger partial charge >= 0.3 is 0 Å². The Balaban J connectivity index is 1.36. The van der Waals surface area contributed by atoms with E-state index in [-0.39, 0.29) is 11.8 Å². The average molecular weight is 466 g/mol. The van der Waals surface area contributed by atoms with Crippen LogP contribution in [0.4, 0.5) is 0 Å². The molecule has 7 nitrogen and oxygen atoms in total. The molecule has 2 amide bonds. The van der Waals surface area contributed by atoms with Crippen molar-refractivity contribution >= 4 is 11.8 Å². The monoisotopic (exact) mass is 465 g/mol. The molecule has 7 heteroatoms. The molecule has 4 aromatic rings. The molecule has 5 rings (SSSR count). The van der Waals surface area contributed by atoms with Crippen molar-refractivity contribution in [3.8, 4) is 11.3 Å². The standard InChI is InChI=1S/C28H27N5O2/c29-27(34)21-9-3-8-20(17-21)25-12-4-13-26(31-25)23-10-5-15-32(18-23)28(35)24-11-2-1-7-22(24)19-33-16-6-14-30-33/h1-4,6-9,11-14,16-17,23H,5,10,15,18-19H2,(H2,29,34). The van der Waals surface area contributed by atoms with Crippen LogP contribution in [-0.2, 0) is 6.54 Å². The lowest BCUT2D eigenvalue weighted by atomic mass is 9.93. The molecule has 0 spiro atoms. The minimum atomic E-state index is -0.461. The van der Waals surface area contributed by atoms with Crippen molar-refractivity contribution in [3.63, 3.8) is 0 Å². The highest BCUT2D eigenvalue weighted by Crippen LogP contribution is 2.29. The first-order valence-corrected chi connectivity index (χ1v) is 11.8. The number of nitrogens with zero attached hydrogens (tertiary/aromatic N) is 4. The number of rotatable bonds is 6. The molecule has 1 aliphatic rings. The number of hydrogen-bond acceptors (Lipinski definition) is 4. The molecular weight excluding hydrogens is 438 g/mol. The van der Waals surface area contributed by atoms with Gasteiger partial charge in [0.15, 0.2) is 0 Å². The fraction of sp³-hybridized carbons (Fsp3) is 0.214. The average Bonchev–Trinajstić information content (AvgIpc) is 3.42. The first kappa shape index (κ1) is 22.5. The third-order valence-corrected chi connectivity index (χ3v) is 6.48. The molecule has 0 saturated carbocycles. The number of pyridine rings is 1. The quantitative estimate of drug-likeness (QED) is 0.464. The van der Waals surface area contributed by atoms with Crippen molar-refractivity contribution < 1.29 is 9.59 Å². The predicted octanol–water partition coefficient (Wildman–Crippen LogP) is 4.11. The molecule has 1 aliphatic heterocycles. The van der Waals surface area contributed by atoms with E-state index in [1.54, 1.807) is 18.3 Å². The van der Waals surface area contributed by atoms with Crippen LogP contribution in [0.5, 0.6) is 0 Å². The highest BCUT2D eigenvalue weighted by Gasteiger charge is 2.27. The molecule has 1 saturated heterocycles. The van der Waals surface area contributed by atoms with E-state index < -0.39 is 5.91 Å². The minimum absolute atomic E-state index is 0.0442. The third-order valence-electron chi connectivity index (χ3n) is 6.48. The van der Waals surface area contributed by atoms with Gasteiger partial charge in [0.25, 0.3) is 5.91 Å². The van der Waals surface area contributed by atoms with Gasteiger partial charge in [0.1, 0.15) is 0 Å². The summed E-state index contributed by atoms with van der Waals surface area (Å²) in [5, 5.41) is 4.28. The summed E-state index contributed by atoms with van der Waals surface area (Å²) < 4.78 is 1.83. The van der Waals surface area contributed by atoms with Crippen molar-refractivity contribution in [2.75, 3.05) is 13.1 Å². The molecule has 35 heavy (non-hydrogen) atoms. The van der Waals surface area contributed by atoms with Crippen LogP contribution in [0.15, 0.2) is 85.2 Å². The predicted molar refractivity (Wildman–Crippen MR) is 134 cm³/mol. The Labute approximate surface area is 204 Å². The van der Waals surface area contributed by atoms with E-state index in [9.17, 15) is 9.59 Å². The van der Waals surface area contributed by atoms with E-state index >= 15 is 0 Å². The zero-order valence-corrected chi connectivity index (χ0v) is 19.4. The number of carbonyl (C=O) groups excluding carboxylic acids is 2. The molecule has 2 aromatic carbocycles. The number of piperidine rings is 1. The molecular formula is C28H27N5O2. The topological polar surface area (TPSA) is 94.1 Å². The van der Waals surface area contributed by atoms with Gasteiger partial charge in [-0.05, 0) is 54.8 Å². The smallest absolute Gasteiger partial charge is 0.254 e. The zero-order chi connectivity index (χ0) is 24.2. The van der Waals surface area contributed by atoms with Crippen molar-refractivity contribution in [2.45, 2.75) is 25.3 Å². The number of amides is 2. The van der Waals surface area contributed by atoms with Crippen LogP contribution in [0.2, 0.25) is 0 Å². The maximum Gasteiger partial charge on any atom is 0.254 e. The maximum atomic E-state index is 13.5. The molecule has 1 atom stereocenters. The molecule has 0 aliphatic carbocycles. The third kappa shape index (κ3) is 4.99. The summed E-state index contributed by atoms with van der Waals surface area (Å²) in [5.41, 5.74) is 10.2. The van der Waals surface area contributed by atoms with E-state index in [0.717, 1.165) is 41.9 Å². The lowest BCUT2D eigenvalue weighted by Gasteiger charge is -2.33. The second-order valence-electron chi connectivity index (χ2n) is 8.84. The molecule has 0 radical (unpaired) electrons. The molecule has 1 unspecified atom stereocenters. The van der Waals surface area contributed by atoms with E-state index in [2.05, 4.69) is 5.10 Å². The van der Waals surface area contributed by atoms with Crippen LogP contribution < -0.4 is 5.73 Å². The van der Waals surface area contributed by atoms with Gasteiger partial charge in [-0.3, -0.25) is 19.3 Å². The Hall–Kier alpha value is -4.26. The van der Waals surface area contributed by atoms with Gasteiger partial charge in [0.05, 0.1) is 12.2 Å². The summed E-state index contributed by atoms with van der Waals surface area (Å²) in [5.74, 6) is -0.273. The Bertz CT molecular complexity index is 1350. The number of likely N-dealkylation sites (tertiary alicyclic amines) is 1. The van der Waals surface area contributed by atoms with Crippen molar-refractivity contribution in [1.29, 1.82) is 0 Å². The van der Waals surface area contributed by atoms with Crippen molar-refractivity contribution in [2.24, 2.45) is 5.73 Å². The summed E-state index contributed by atoms with van der Waals surface area (Å²) >= 11 is 0. The largest absolute Gasteiger partial charge is 0.366 e. The summed E-state index contributed by atoms with van der Waals surface area (Å²) in [6.07, 6.45) is 5.53. The molecule has 2 aromatic heterocycles. The summed E-state index contributed by atoms with van der Waals surface area (Å²) in [6.45, 7) is 1.90. The number of primary amides is 1. The molecule has 3 heterocycles. The zero-order valence-electron chi connectivity index (χ0n) is 19.4. The van der Waals surface area contributed by atoms with Gasteiger partial charge in [-0.2, -0.15) is 5.10 Å². The summed E-state index contributed by atoms with van der Waals surface area (Å²) in [7, 11) is 0. The molecule has 0 bridgehead atoms. The minimum Gasteiger partial charge on any atom is -0.366 e. The second-order valence-corrected chi connectivity index (χ2v) is 8.84. The fourth-order valence-electron chi connectivity index (χ4n) is 4.68. The normalized spacial score (nSPS) is 15.7. The highest BCUT2D eigenvalue weighted by atomic mass is 16.2. The number of aromatic nitrogens is 3. The van der Waals surface area contributed by atoms with Gasteiger partial charge in [-0.15, -0.1) is 0 Å². The van der Waals surface area contributed by atoms with Gasteiger partial charge < -0.3 is 10.6 Å². The Kier molecular flexibility index (Phi) is 6.39. The Morgan fingerprint density at radius 2 is 1.86 bits per heavy atom. The Morgan fingerprint density at radius 3 is 2.69 bits per heavy atom. The van der Waals surface area contributed by atoms with Gasteiger partial charge in [0, 0.05) is 53.8 Å². The highest BCUT2D eigenvalue weighted by molar-refractivity contribution is 5.96. The van der Waals surface area contributed by atoms with E-state index in [1.165, 1.54) is 0 Å². The molecule has 1 fully saturated rings. The van der Waals surface area contributed by atoms with E-state index in [0.29, 0.717) is 24.2 Å².